The SMILES string of the molecule is Cc1ccc(C)c(Sc2ccc(NC(=O)C(N)C3CCOCC3)cc2)c1.Cl. The minimum Gasteiger partial charge on any atom is -0.381 e. The second kappa shape index (κ2) is 10.1. The molecule has 3 rings (SSSR count). The summed E-state index contributed by atoms with van der Waals surface area (Å²) in [6.45, 7) is 5.60. The molecule has 27 heavy (non-hydrogen) atoms. The van der Waals surface area contributed by atoms with Gasteiger partial charge in [-0.3, -0.25) is 4.79 Å². The number of nitrogens with two attached hydrogens (primary N) is 1. The topological polar surface area (TPSA) is 64.4 Å². The van der Waals surface area contributed by atoms with Crippen molar-refractivity contribution in [2.75, 3.05) is 18.5 Å². The lowest BCUT2D eigenvalue weighted by atomic mass is 9.92. The number of halogens is 1. The number of ether oxygens (including phenoxy) is 1. The number of anilines is 1. The summed E-state index contributed by atoms with van der Waals surface area (Å²) in [5.74, 6) is 0.0784. The van der Waals surface area contributed by atoms with Crippen molar-refractivity contribution in [3.05, 3.63) is 53.6 Å². The lowest BCUT2D eigenvalue weighted by Crippen LogP contribution is -2.43. The fraction of sp³-hybridized carbons (Fsp3) is 0.381. The summed E-state index contributed by atoms with van der Waals surface area (Å²) in [5.41, 5.74) is 9.43. The molecule has 1 fully saturated rings. The molecule has 0 aliphatic carbocycles. The van der Waals surface area contributed by atoms with Crippen molar-refractivity contribution in [2.24, 2.45) is 11.7 Å². The Labute approximate surface area is 171 Å². The van der Waals surface area contributed by atoms with Crippen LogP contribution in [0.15, 0.2) is 52.3 Å². The first-order chi connectivity index (χ1) is 12.5. The van der Waals surface area contributed by atoms with Crippen molar-refractivity contribution in [2.45, 2.75) is 42.5 Å². The van der Waals surface area contributed by atoms with E-state index in [1.807, 2.05) is 24.3 Å². The summed E-state index contributed by atoms with van der Waals surface area (Å²) in [6.07, 6.45) is 1.69. The molecule has 1 atom stereocenters. The van der Waals surface area contributed by atoms with E-state index < -0.39 is 6.04 Å². The number of amides is 1. The van der Waals surface area contributed by atoms with Gasteiger partial charge in [0.2, 0.25) is 5.91 Å². The van der Waals surface area contributed by atoms with Crippen LogP contribution in [-0.2, 0) is 9.53 Å². The molecular weight excluding hydrogens is 380 g/mol. The van der Waals surface area contributed by atoms with Gasteiger partial charge >= 0.3 is 0 Å². The van der Waals surface area contributed by atoms with Crippen LogP contribution in [0.25, 0.3) is 0 Å². The van der Waals surface area contributed by atoms with Gasteiger partial charge in [0.1, 0.15) is 0 Å². The molecule has 1 heterocycles. The molecule has 1 aliphatic heterocycles. The predicted octanol–water partition coefficient (Wildman–Crippen LogP) is 4.57. The van der Waals surface area contributed by atoms with Crippen LogP contribution < -0.4 is 11.1 Å². The Hall–Kier alpha value is -1.53. The van der Waals surface area contributed by atoms with Crippen LogP contribution in [0.5, 0.6) is 0 Å². The van der Waals surface area contributed by atoms with Crippen molar-refractivity contribution in [1.82, 2.24) is 0 Å². The molecule has 0 aromatic heterocycles. The summed E-state index contributed by atoms with van der Waals surface area (Å²) < 4.78 is 5.34. The summed E-state index contributed by atoms with van der Waals surface area (Å²) in [5, 5.41) is 2.94. The van der Waals surface area contributed by atoms with Crippen LogP contribution in [0, 0.1) is 19.8 Å². The Balaban J connectivity index is 0.00000261. The van der Waals surface area contributed by atoms with Gasteiger partial charge in [-0.2, -0.15) is 0 Å². The molecule has 1 aliphatic rings. The molecule has 1 unspecified atom stereocenters. The van der Waals surface area contributed by atoms with E-state index in [2.05, 4.69) is 37.4 Å². The zero-order valence-electron chi connectivity index (χ0n) is 15.7. The van der Waals surface area contributed by atoms with Crippen LogP contribution in [0.4, 0.5) is 5.69 Å². The van der Waals surface area contributed by atoms with Gasteiger partial charge in [-0.25, -0.2) is 0 Å². The molecule has 0 bridgehead atoms. The van der Waals surface area contributed by atoms with Crippen LogP contribution in [0.2, 0.25) is 0 Å². The molecule has 0 radical (unpaired) electrons. The van der Waals surface area contributed by atoms with Gasteiger partial charge in [0.25, 0.3) is 0 Å². The highest BCUT2D eigenvalue weighted by molar-refractivity contribution is 7.99. The first-order valence-corrected chi connectivity index (χ1v) is 9.84. The Kier molecular flexibility index (Phi) is 8.17. The van der Waals surface area contributed by atoms with Crippen LogP contribution in [0.3, 0.4) is 0 Å². The third-order valence-electron chi connectivity index (χ3n) is 4.77. The molecule has 2 aromatic rings. The lowest BCUT2D eigenvalue weighted by Gasteiger charge is -2.26. The van der Waals surface area contributed by atoms with Crippen molar-refractivity contribution in [1.29, 1.82) is 0 Å². The Bertz CT molecular complexity index is 761. The van der Waals surface area contributed by atoms with E-state index in [1.165, 1.54) is 16.0 Å². The summed E-state index contributed by atoms with van der Waals surface area (Å²) in [7, 11) is 0. The molecule has 0 saturated carbocycles. The second-order valence-corrected chi connectivity index (χ2v) is 7.98. The maximum Gasteiger partial charge on any atom is 0.241 e. The fourth-order valence-electron chi connectivity index (χ4n) is 3.07. The van der Waals surface area contributed by atoms with Gasteiger partial charge in [0.15, 0.2) is 0 Å². The van der Waals surface area contributed by atoms with Crippen LogP contribution in [-0.4, -0.2) is 25.2 Å². The Morgan fingerprint density at radius 2 is 1.81 bits per heavy atom. The molecule has 3 N–H and O–H groups in total. The maximum absolute atomic E-state index is 12.4. The number of benzene rings is 2. The number of hydrogen-bond donors (Lipinski definition) is 2. The lowest BCUT2D eigenvalue weighted by molar-refractivity contribution is -0.119. The third-order valence-corrected chi connectivity index (χ3v) is 5.94. The van der Waals surface area contributed by atoms with Gasteiger partial charge in [0, 0.05) is 28.7 Å². The largest absolute Gasteiger partial charge is 0.381 e. The monoisotopic (exact) mass is 406 g/mol. The van der Waals surface area contributed by atoms with E-state index in [4.69, 9.17) is 10.5 Å². The first-order valence-electron chi connectivity index (χ1n) is 9.02. The number of carbonyl (C=O) groups is 1. The number of nitrogens with one attached hydrogen (secondary N) is 1. The van der Waals surface area contributed by atoms with E-state index in [0.717, 1.165) is 23.4 Å². The highest BCUT2D eigenvalue weighted by atomic mass is 35.5. The van der Waals surface area contributed by atoms with Gasteiger partial charge in [-0.1, -0.05) is 23.9 Å². The third kappa shape index (κ3) is 5.98. The van der Waals surface area contributed by atoms with Crippen molar-refractivity contribution >= 4 is 35.8 Å². The van der Waals surface area contributed by atoms with Gasteiger partial charge < -0.3 is 15.8 Å². The maximum atomic E-state index is 12.4. The quantitative estimate of drug-likeness (QED) is 0.763. The highest BCUT2D eigenvalue weighted by Crippen LogP contribution is 2.31. The van der Waals surface area contributed by atoms with Gasteiger partial charge in [-0.05, 0) is 74.1 Å². The average Bonchev–Trinajstić information content (AvgIpc) is 2.66. The van der Waals surface area contributed by atoms with E-state index in [9.17, 15) is 4.79 Å². The summed E-state index contributed by atoms with van der Waals surface area (Å²) >= 11 is 1.73. The summed E-state index contributed by atoms with van der Waals surface area (Å²) in [6, 6.07) is 13.9. The van der Waals surface area contributed by atoms with Crippen molar-refractivity contribution < 1.29 is 9.53 Å². The van der Waals surface area contributed by atoms with Crippen molar-refractivity contribution in [3.63, 3.8) is 0 Å². The molecule has 146 valence electrons. The second-order valence-electron chi connectivity index (χ2n) is 6.86. The standard InChI is InChI=1S/C21H26N2O2S.ClH/c1-14-3-4-15(2)19(13-14)26-18-7-5-17(6-8-18)23-21(24)20(22)16-9-11-25-12-10-16;/h3-8,13,16,20H,9-12,22H2,1-2H3,(H,23,24);1H. The van der Waals surface area contributed by atoms with E-state index in [0.29, 0.717) is 13.2 Å². The van der Waals surface area contributed by atoms with E-state index in [1.54, 1.807) is 11.8 Å². The smallest absolute Gasteiger partial charge is 0.241 e. The number of aryl methyl sites for hydroxylation is 2. The zero-order chi connectivity index (χ0) is 18.5. The molecule has 6 heteroatoms. The Morgan fingerprint density at radius 3 is 2.48 bits per heavy atom. The predicted molar refractivity (Wildman–Crippen MR) is 114 cm³/mol. The number of rotatable bonds is 5. The summed E-state index contributed by atoms with van der Waals surface area (Å²) in [4.78, 5) is 14.8. The molecule has 1 saturated heterocycles. The van der Waals surface area contributed by atoms with Crippen LogP contribution in [0.1, 0.15) is 24.0 Å². The first kappa shape index (κ1) is 21.8. The molecule has 4 nitrogen and oxygen atoms in total. The Morgan fingerprint density at radius 1 is 1.15 bits per heavy atom. The van der Waals surface area contributed by atoms with E-state index in [-0.39, 0.29) is 24.2 Å². The number of hydrogen-bond acceptors (Lipinski definition) is 4. The molecule has 2 aromatic carbocycles. The van der Waals surface area contributed by atoms with Gasteiger partial charge in [0.05, 0.1) is 6.04 Å². The fourth-order valence-corrected chi connectivity index (χ4v) is 4.07. The van der Waals surface area contributed by atoms with Crippen molar-refractivity contribution in [3.8, 4) is 0 Å². The molecule has 1 amide bonds. The number of carbonyl (C=O) groups excluding carboxylic acids is 1. The molecular formula is C21H27ClN2O2S. The molecule has 0 spiro atoms. The highest BCUT2D eigenvalue weighted by Gasteiger charge is 2.26. The van der Waals surface area contributed by atoms with Gasteiger partial charge in [-0.15, -0.1) is 12.4 Å². The normalized spacial score (nSPS) is 15.7. The zero-order valence-corrected chi connectivity index (χ0v) is 17.4. The minimum absolute atomic E-state index is 0. The van der Waals surface area contributed by atoms with Crippen LogP contribution >= 0.6 is 24.2 Å². The average molecular weight is 407 g/mol. The van der Waals surface area contributed by atoms with E-state index >= 15 is 0 Å². The minimum atomic E-state index is -0.483.